The fraction of sp³-hybridized carbons (Fsp3) is 0.412. The van der Waals surface area contributed by atoms with Gasteiger partial charge in [0.25, 0.3) is 0 Å². The van der Waals surface area contributed by atoms with Gasteiger partial charge in [-0.25, -0.2) is 9.78 Å². The summed E-state index contributed by atoms with van der Waals surface area (Å²) in [6.07, 6.45) is 2.33. The standard InChI is InChI=1S/C17H22N6O2/c1-12-19-16(22-21-12)13-5-2-6-14(11-13)20-17(25)18-8-4-10-23-9-3-7-15(23)24/h2,5-6,11H,3-4,7-10H2,1H3,(H2,18,20,25)(H,19,21,22). The van der Waals surface area contributed by atoms with E-state index in [9.17, 15) is 9.59 Å². The maximum absolute atomic E-state index is 12.0. The number of hydrogen-bond donors (Lipinski definition) is 3. The van der Waals surface area contributed by atoms with Gasteiger partial charge in [0.1, 0.15) is 5.82 Å². The molecule has 0 radical (unpaired) electrons. The average Bonchev–Trinajstić information content (AvgIpc) is 3.20. The van der Waals surface area contributed by atoms with Gasteiger partial charge in [-0.2, -0.15) is 5.10 Å². The third-order valence-corrected chi connectivity index (χ3v) is 4.04. The van der Waals surface area contributed by atoms with E-state index in [-0.39, 0.29) is 11.9 Å². The summed E-state index contributed by atoms with van der Waals surface area (Å²) in [5, 5.41) is 12.5. The van der Waals surface area contributed by atoms with Crippen molar-refractivity contribution in [3.05, 3.63) is 30.1 Å². The van der Waals surface area contributed by atoms with Crippen LogP contribution in [0.25, 0.3) is 11.4 Å². The molecule has 1 saturated heterocycles. The van der Waals surface area contributed by atoms with Gasteiger partial charge >= 0.3 is 6.03 Å². The molecule has 0 aliphatic carbocycles. The van der Waals surface area contributed by atoms with Crippen LogP contribution in [0.2, 0.25) is 0 Å². The first-order valence-corrected chi connectivity index (χ1v) is 8.44. The number of urea groups is 1. The lowest BCUT2D eigenvalue weighted by Gasteiger charge is -2.15. The van der Waals surface area contributed by atoms with Gasteiger partial charge in [-0.3, -0.25) is 9.89 Å². The average molecular weight is 342 g/mol. The van der Waals surface area contributed by atoms with E-state index < -0.39 is 0 Å². The Labute approximate surface area is 146 Å². The fourth-order valence-corrected chi connectivity index (χ4v) is 2.80. The van der Waals surface area contributed by atoms with Gasteiger partial charge < -0.3 is 15.5 Å². The van der Waals surface area contributed by atoms with Gasteiger partial charge in [-0.05, 0) is 31.9 Å². The zero-order chi connectivity index (χ0) is 17.6. The molecular weight excluding hydrogens is 320 g/mol. The second-order valence-electron chi connectivity index (χ2n) is 6.04. The SMILES string of the molecule is Cc1nc(-c2cccc(NC(=O)NCCCN3CCCC3=O)c2)n[nH]1. The summed E-state index contributed by atoms with van der Waals surface area (Å²) in [4.78, 5) is 29.6. The Bertz CT molecular complexity index is 757. The Kier molecular flexibility index (Phi) is 5.27. The van der Waals surface area contributed by atoms with Gasteiger partial charge in [-0.15, -0.1) is 0 Å². The number of likely N-dealkylation sites (tertiary alicyclic amines) is 1. The molecule has 1 aliphatic heterocycles. The Hall–Kier alpha value is -2.90. The number of nitrogens with one attached hydrogen (secondary N) is 3. The molecule has 0 unspecified atom stereocenters. The second-order valence-corrected chi connectivity index (χ2v) is 6.04. The van der Waals surface area contributed by atoms with Crippen LogP contribution >= 0.6 is 0 Å². The number of carbonyl (C=O) groups is 2. The summed E-state index contributed by atoms with van der Waals surface area (Å²) in [6, 6.07) is 7.10. The number of rotatable bonds is 6. The van der Waals surface area contributed by atoms with Crippen molar-refractivity contribution in [2.24, 2.45) is 0 Å². The molecule has 8 nitrogen and oxygen atoms in total. The smallest absolute Gasteiger partial charge is 0.319 e. The van der Waals surface area contributed by atoms with Crippen LogP contribution in [0.3, 0.4) is 0 Å². The molecule has 2 heterocycles. The van der Waals surface area contributed by atoms with E-state index in [1.54, 1.807) is 0 Å². The van der Waals surface area contributed by atoms with Crippen LogP contribution < -0.4 is 10.6 Å². The highest BCUT2D eigenvalue weighted by Gasteiger charge is 2.19. The number of H-pyrrole nitrogens is 1. The minimum atomic E-state index is -0.268. The van der Waals surface area contributed by atoms with E-state index in [1.165, 1.54) is 0 Å². The van der Waals surface area contributed by atoms with E-state index in [0.29, 0.717) is 31.0 Å². The first-order chi connectivity index (χ1) is 12.1. The Morgan fingerprint density at radius 1 is 1.40 bits per heavy atom. The number of nitrogens with zero attached hydrogens (tertiary/aromatic N) is 3. The van der Waals surface area contributed by atoms with Crippen molar-refractivity contribution >= 4 is 17.6 Å². The molecule has 0 saturated carbocycles. The fourth-order valence-electron chi connectivity index (χ4n) is 2.80. The van der Waals surface area contributed by atoms with Crippen molar-refractivity contribution in [3.8, 4) is 11.4 Å². The number of amides is 3. The summed E-state index contributed by atoms with van der Waals surface area (Å²) in [5.41, 5.74) is 1.50. The van der Waals surface area contributed by atoms with Gasteiger partial charge in [0.15, 0.2) is 5.82 Å². The Morgan fingerprint density at radius 3 is 3.00 bits per heavy atom. The molecule has 3 N–H and O–H groups in total. The lowest BCUT2D eigenvalue weighted by atomic mass is 10.2. The van der Waals surface area contributed by atoms with E-state index in [1.807, 2.05) is 36.1 Å². The lowest BCUT2D eigenvalue weighted by molar-refractivity contribution is -0.127. The zero-order valence-corrected chi connectivity index (χ0v) is 14.2. The van der Waals surface area contributed by atoms with E-state index in [4.69, 9.17) is 0 Å². The predicted molar refractivity (Wildman–Crippen MR) is 94.0 cm³/mol. The summed E-state index contributed by atoms with van der Waals surface area (Å²) in [6.45, 7) is 3.88. The molecular formula is C17H22N6O2. The maximum Gasteiger partial charge on any atom is 0.319 e. The molecule has 132 valence electrons. The highest BCUT2D eigenvalue weighted by Crippen LogP contribution is 2.19. The highest BCUT2D eigenvalue weighted by atomic mass is 16.2. The van der Waals surface area contributed by atoms with E-state index in [0.717, 1.165) is 30.8 Å². The molecule has 3 amide bonds. The number of carbonyl (C=O) groups excluding carboxylic acids is 2. The van der Waals surface area contributed by atoms with Crippen LogP contribution in [0.1, 0.15) is 25.1 Å². The van der Waals surface area contributed by atoms with Crippen LogP contribution in [-0.2, 0) is 4.79 Å². The molecule has 0 atom stereocenters. The number of hydrogen-bond acceptors (Lipinski definition) is 4. The van der Waals surface area contributed by atoms with Gasteiger partial charge in [0.05, 0.1) is 0 Å². The quantitative estimate of drug-likeness (QED) is 0.698. The number of aryl methyl sites for hydroxylation is 1. The number of aromatic nitrogens is 3. The normalized spacial score (nSPS) is 14.0. The summed E-state index contributed by atoms with van der Waals surface area (Å²) in [7, 11) is 0. The largest absolute Gasteiger partial charge is 0.343 e. The first-order valence-electron chi connectivity index (χ1n) is 8.44. The molecule has 1 aromatic heterocycles. The van der Waals surface area contributed by atoms with Crippen molar-refractivity contribution in [2.45, 2.75) is 26.2 Å². The first kappa shape index (κ1) is 16.9. The minimum absolute atomic E-state index is 0.212. The molecule has 1 aromatic carbocycles. The molecule has 1 fully saturated rings. The van der Waals surface area contributed by atoms with Gasteiger partial charge in [0.2, 0.25) is 5.91 Å². The van der Waals surface area contributed by atoms with E-state index in [2.05, 4.69) is 25.8 Å². The number of anilines is 1. The highest BCUT2D eigenvalue weighted by molar-refractivity contribution is 5.89. The van der Waals surface area contributed by atoms with E-state index >= 15 is 0 Å². The number of benzene rings is 1. The van der Waals surface area contributed by atoms with Gasteiger partial charge in [-0.1, -0.05) is 12.1 Å². The van der Waals surface area contributed by atoms with Crippen molar-refractivity contribution in [1.29, 1.82) is 0 Å². The van der Waals surface area contributed by atoms with Crippen molar-refractivity contribution < 1.29 is 9.59 Å². The minimum Gasteiger partial charge on any atom is -0.343 e. The molecule has 0 bridgehead atoms. The topological polar surface area (TPSA) is 103 Å². The summed E-state index contributed by atoms with van der Waals surface area (Å²) < 4.78 is 0. The summed E-state index contributed by atoms with van der Waals surface area (Å²) >= 11 is 0. The third kappa shape index (κ3) is 4.56. The summed E-state index contributed by atoms with van der Waals surface area (Å²) in [5.74, 6) is 1.54. The Balaban J connectivity index is 1.45. The van der Waals surface area contributed by atoms with Crippen LogP contribution in [0.4, 0.5) is 10.5 Å². The van der Waals surface area contributed by atoms with Crippen LogP contribution in [0.15, 0.2) is 24.3 Å². The predicted octanol–water partition coefficient (Wildman–Crippen LogP) is 1.91. The Morgan fingerprint density at radius 2 is 2.28 bits per heavy atom. The molecule has 2 aromatic rings. The maximum atomic E-state index is 12.0. The van der Waals surface area contributed by atoms with Crippen molar-refractivity contribution in [3.63, 3.8) is 0 Å². The lowest BCUT2D eigenvalue weighted by Crippen LogP contribution is -2.33. The second kappa shape index (κ2) is 7.78. The number of aromatic amines is 1. The molecule has 25 heavy (non-hydrogen) atoms. The van der Waals surface area contributed by atoms with Crippen LogP contribution in [0.5, 0.6) is 0 Å². The van der Waals surface area contributed by atoms with Gasteiger partial charge in [0, 0.05) is 37.3 Å². The molecule has 1 aliphatic rings. The monoisotopic (exact) mass is 342 g/mol. The molecule has 8 heteroatoms. The zero-order valence-electron chi connectivity index (χ0n) is 14.2. The third-order valence-electron chi connectivity index (χ3n) is 4.04. The molecule has 0 spiro atoms. The molecule has 3 rings (SSSR count). The van der Waals surface area contributed by atoms with Crippen molar-refractivity contribution in [1.82, 2.24) is 25.4 Å². The van der Waals surface area contributed by atoms with Crippen LogP contribution in [0, 0.1) is 6.92 Å². The van der Waals surface area contributed by atoms with Crippen LogP contribution in [-0.4, -0.2) is 51.7 Å². The van der Waals surface area contributed by atoms with Crippen molar-refractivity contribution in [2.75, 3.05) is 25.0 Å².